The minimum absolute atomic E-state index is 0.0483. The van der Waals surface area contributed by atoms with Crippen LogP contribution in [0.15, 0.2) is 85.1 Å². The lowest BCUT2D eigenvalue weighted by Crippen LogP contribution is -2.50. The average molecular weight is 966 g/mol. The minimum Gasteiger partial charge on any atom is -0.477 e. The van der Waals surface area contributed by atoms with Gasteiger partial charge in [-0.05, 0) is 89.9 Å². The highest BCUT2D eigenvalue weighted by Gasteiger charge is 2.31. The quantitative estimate of drug-likeness (QED) is 0.0281. The lowest BCUT2D eigenvalue weighted by atomic mass is 10.1. The van der Waals surface area contributed by atoms with Gasteiger partial charge in [-0.2, -0.15) is 0 Å². The number of esters is 2. The monoisotopic (exact) mass is 965 g/mol. The first-order chi connectivity index (χ1) is 33.6. The number of quaternary nitrogens is 1. The van der Waals surface area contributed by atoms with Crippen LogP contribution in [0.3, 0.4) is 0 Å². The fourth-order valence-electron chi connectivity index (χ4n) is 7.97. The number of carboxylic acids is 1. The third kappa shape index (κ3) is 49.3. The molecule has 0 bridgehead atoms. The molecule has 0 aliphatic carbocycles. The zero-order valence-corrected chi connectivity index (χ0v) is 45.2. The van der Waals surface area contributed by atoms with E-state index in [4.69, 9.17) is 14.2 Å². The summed E-state index contributed by atoms with van der Waals surface area (Å²) in [5.74, 6) is -1.50. The number of hydrogen-bond donors (Lipinski definition) is 1. The van der Waals surface area contributed by atoms with Gasteiger partial charge in [0.1, 0.15) is 6.61 Å². The Bertz CT molecular complexity index is 1400. The van der Waals surface area contributed by atoms with E-state index < -0.39 is 18.1 Å². The number of unbranched alkanes of at least 4 members (excludes halogenated alkanes) is 22. The van der Waals surface area contributed by atoms with E-state index in [1.54, 1.807) is 0 Å². The Morgan fingerprint density at radius 3 is 1.20 bits per heavy atom. The molecule has 0 aromatic rings. The molecule has 0 spiro atoms. The van der Waals surface area contributed by atoms with Crippen LogP contribution < -0.4 is 0 Å². The van der Waals surface area contributed by atoms with E-state index in [0.29, 0.717) is 19.3 Å². The molecule has 0 aliphatic rings. The van der Waals surface area contributed by atoms with Crippen molar-refractivity contribution in [1.82, 2.24) is 0 Å². The minimum atomic E-state index is -0.880. The van der Waals surface area contributed by atoms with Gasteiger partial charge >= 0.3 is 17.9 Å². The molecular formula is C61H106NO7+. The second kappa shape index (κ2) is 50.9. The van der Waals surface area contributed by atoms with Crippen LogP contribution >= 0.6 is 0 Å². The molecule has 2 atom stereocenters. The Kier molecular flexibility index (Phi) is 48.3. The molecule has 0 saturated carbocycles. The molecule has 69 heavy (non-hydrogen) atoms. The molecule has 2 unspecified atom stereocenters. The zero-order valence-electron chi connectivity index (χ0n) is 45.2. The van der Waals surface area contributed by atoms with Crippen molar-refractivity contribution in [3.05, 3.63) is 85.1 Å². The molecule has 0 aromatic heterocycles. The summed E-state index contributed by atoms with van der Waals surface area (Å²) in [5, 5.41) is 9.68. The van der Waals surface area contributed by atoms with Gasteiger partial charge in [-0.15, -0.1) is 0 Å². The van der Waals surface area contributed by atoms with Gasteiger partial charge in [0.2, 0.25) is 0 Å². The number of ether oxygens (including phenoxy) is 3. The Morgan fingerprint density at radius 1 is 0.449 bits per heavy atom. The van der Waals surface area contributed by atoms with Crippen LogP contribution in [0.25, 0.3) is 0 Å². The van der Waals surface area contributed by atoms with E-state index in [9.17, 15) is 19.5 Å². The van der Waals surface area contributed by atoms with Crippen LogP contribution in [0.5, 0.6) is 0 Å². The van der Waals surface area contributed by atoms with Crippen LogP contribution in [-0.4, -0.2) is 80.6 Å². The van der Waals surface area contributed by atoms with E-state index in [0.717, 1.165) is 96.3 Å². The van der Waals surface area contributed by atoms with E-state index in [-0.39, 0.29) is 36.2 Å². The Labute approximate surface area is 424 Å². The first-order valence-corrected chi connectivity index (χ1v) is 28.1. The van der Waals surface area contributed by atoms with Crippen molar-refractivity contribution in [2.24, 2.45) is 0 Å². The maximum absolute atomic E-state index is 12.8. The summed E-state index contributed by atoms with van der Waals surface area (Å²) in [7, 11) is 5.53. The Morgan fingerprint density at radius 2 is 0.812 bits per heavy atom. The second-order valence-corrected chi connectivity index (χ2v) is 19.8. The maximum atomic E-state index is 12.8. The van der Waals surface area contributed by atoms with Gasteiger partial charge in [0.05, 0.1) is 34.4 Å². The van der Waals surface area contributed by atoms with Crippen molar-refractivity contribution in [3.8, 4) is 0 Å². The van der Waals surface area contributed by atoms with Crippen LogP contribution in [0, 0.1) is 0 Å². The van der Waals surface area contributed by atoms with Gasteiger partial charge < -0.3 is 23.8 Å². The van der Waals surface area contributed by atoms with Crippen LogP contribution in [-0.2, 0) is 28.6 Å². The topological polar surface area (TPSA) is 99.1 Å². The van der Waals surface area contributed by atoms with Gasteiger partial charge in [-0.3, -0.25) is 9.59 Å². The highest BCUT2D eigenvalue weighted by Crippen LogP contribution is 2.15. The lowest BCUT2D eigenvalue weighted by molar-refractivity contribution is -0.887. The number of rotatable bonds is 50. The van der Waals surface area contributed by atoms with Gasteiger partial charge in [0.25, 0.3) is 0 Å². The number of carbonyl (C=O) groups is 3. The molecular weight excluding hydrogens is 859 g/mol. The largest absolute Gasteiger partial charge is 0.477 e. The molecule has 0 saturated heterocycles. The van der Waals surface area contributed by atoms with Gasteiger partial charge in [-0.25, -0.2) is 4.79 Å². The Hall–Kier alpha value is -3.49. The summed E-state index contributed by atoms with van der Waals surface area (Å²) >= 11 is 0. The predicted molar refractivity (Wildman–Crippen MR) is 293 cm³/mol. The summed E-state index contributed by atoms with van der Waals surface area (Å²) in [5.41, 5.74) is 0. The maximum Gasteiger partial charge on any atom is 0.362 e. The predicted octanol–water partition coefficient (Wildman–Crippen LogP) is 16.8. The molecule has 396 valence electrons. The molecule has 0 fully saturated rings. The first kappa shape index (κ1) is 65.5. The van der Waals surface area contributed by atoms with Gasteiger partial charge in [0, 0.05) is 19.3 Å². The molecule has 0 rings (SSSR count). The van der Waals surface area contributed by atoms with Crippen LogP contribution in [0.4, 0.5) is 0 Å². The normalized spacial score (nSPS) is 13.5. The standard InChI is InChI=1S/C61H105NO7/c1-6-8-10-12-14-16-18-20-22-24-26-28-30-32-33-35-37-39-41-43-45-47-49-51-59(63)68-56-57(55-67-54-53-58(61(65)66)62(3,4)5)69-60(64)52-50-48-46-44-42-40-38-36-34-31-29-27-25-23-21-19-17-15-13-11-9-7-2/h9,11,15,17,21,23,26-29,32-34,36,57-58H,6-8,10,12-14,16,18-20,22,24-25,30-31,35,37-56H2,1-5H3/p+1/b11-9+,17-15+,23-21+,28-26+,29-27+,33-32+,36-34+. The molecule has 0 radical (unpaired) electrons. The van der Waals surface area contributed by atoms with Crippen molar-refractivity contribution in [3.63, 3.8) is 0 Å². The fraction of sp³-hybridized carbons (Fsp3) is 0.721. The molecule has 8 nitrogen and oxygen atoms in total. The molecule has 0 aromatic carbocycles. The van der Waals surface area contributed by atoms with E-state index in [2.05, 4.69) is 98.9 Å². The van der Waals surface area contributed by atoms with Crippen molar-refractivity contribution in [1.29, 1.82) is 0 Å². The number of carbonyl (C=O) groups excluding carboxylic acids is 2. The fourth-order valence-corrected chi connectivity index (χ4v) is 7.97. The van der Waals surface area contributed by atoms with Crippen LogP contribution in [0.1, 0.15) is 232 Å². The summed E-state index contributed by atoms with van der Waals surface area (Å²) in [4.78, 5) is 37.3. The lowest BCUT2D eigenvalue weighted by Gasteiger charge is -2.31. The summed E-state index contributed by atoms with van der Waals surface area (Å²) in [6.45, 7) is 4.61. The number of carboxylic acid groups (broad SMARTS) is 1. The van der Waals surface area contributed by atoms with E-state index in [1.165, 1.54) is 103 Å². The van der Waals surface area contributed by atoms with Crippen LogP contribution in [0.2, 0.25) is 0 Å². The number of likely N-dealkylation sites (N-methyl/N-ethyl adjacent to an activating group) is 1. The average Bonchev–Trinajstić information content (AvgIpc) is 3.31. The summed E-state index contributed by atoms with van der Waals surface area (Å²) < 4.78 is 17.4. The number of allylic oxidation sites excluding steroid dienone is 14. The number of nitrogens with zero attached hydrogens (tertiary/aromatic N) is 1. The third-order valence-corrected chi connectivity index (χ3v) is 12.3. The summed E-state index contributed by atoms with van der Waals surface area (Å²) in [6.07, 6.45) is 67.8. The zero-order chi connectivity index (χ0) is 50.6. The molecule has 0 aliphatic heterocycles. The molecule has 1 N–H and O–H groups in total. The summed E-state index contributed by atoms with van der Waals surface area (Å²) in [6, 6.07) is -0.624. The van der Waals surface area contributed by atoms with Gasteiger partial charge in [0.15, 0.2) is 12.1 Å². The first-order valence-electron chi connectivity index (χ1n) is 28.1. The Balaban J connectivity index is 4.25. The SMILES string of the molecule is CC/C=C/C/C=C/C/C=C/C/C=C/C/C=C/CCCCCCCCC(=O)OC(COCCC(C(=O)O)[N+](C)(C)C)COC(=O)CCCCCCCCC/C=C/C/C=C/CCCCCCCCCCC. The number of aliphatic carboxylic acids is 1. The number of hydrogen-bond acceptors (Lipinski definition) is 6. The third-order valence-electron chi connectivity index (χ3n) is 12.3. The van der Waals surface area contributed by atoms with Crippen molar-refractivity contribution in [2.75, 3.05) is 41.0 Å². The smallest absolute Gasteiger partial charge is 0.362 e. The van der Waals surface area contributed by atoms with Crippen molar-refractivity contribution in [2.45, 2.75) is 244 Å². The second-order valence-electron chi connectivity index (χ2n) is 19.8. The highest BCUT2D eigenvalue weighted by molar-refractivity contribution is 5.72. The van der Waals surface area contributed by atoms with Crippen molar-refractivity contribution >= 4 is 17.9 Å². The van der Waals surface area contributed by atoms with Gasteiger partial charge in [-0.1, -0.05) is 208 Å². The van der Waals surface area contributed by atoms with Crippen molar-refractivity contribution < 1.29 is 38.2 Å². The molecule has 8 heteroatoms. The van der Waals surface area contributed by atoms with E-state index in [1.807, 2.05) is 21.1 Å². The highest BCUT2D eigenvalue weighted by atomic mass is 16.6. The molecule has 0 heterocycles. The molecule has 0 amide bonds. The van der Waals surface area contributed by atoms with E-state index >= 15 is 0 Å².